The normalized spacial score (nSPS) is 12.0. The van der Waals surface area contributed by atoms with Crippen LogP contribution in [0.2, 0.25) is 0 Å². The number of nitrogens with one attached hydrogen (secondary N) is 3. The van der Waals surface area contributed by atoms with Crippen molar-refractivity contribution in [2.75, 3.05) is 10.2 Å². The molecule has 1 unspecified atom stereocenters. The van der Waals surface area contributed by atoms with Gasteiger partial charge in [0.15, 0.2) is 17.1 Å². The Morgan fingerprint density at radius 1 is 0.868 bits per heavy atom. The Hall–Kier alpha value is -5.80. The fourth-order valence-electron chi connectivity index (χ4n) is 6.02. The molecule has 0 saturated heterocycles. The van der Waals surface area contributed by atoms with E-state index >= 15 is 0 Å². The van der Waals surface area contributed by atoms with Crippen LogP contribution in [0.4, 0.5) is 11.4 Å². The highest BCUT2D eigenvalue weighted by Gasteiger charge is 2.29. The van der Waals surface area contributed by atoms with Crippen LogP contribution < -0.4 is 10.2 Å². The number of furan rings is 1. The molecule has 6 heterocycles. The third-order valence-corrected chi connectivity index (χ3v) is 9.57. The number of hydrogen-bond acceptors (Lipinski definition) is 11. The molecule has 8 aromatic rings. The molecule has 13 nitrogen and oxygen atoms in total. The van der Waals surface area contributed by atoms with Crippen molar-refractivity contribution in [1.82, 2.24) is 35.1 Å². The molecule has 1 atom stereocenters. The van der Waals surface area contributed by atoms with Crippen molar-refractivity contribution < 1.29 is 18.5 Å². The molecule has 0 amide bonds. The predicted molar refractivity (Wildman–Crippen MR) is 207 cm³/mol. The lowest BCUT2D eigenvalue weighted by Crippen LogP contribution is -2.31. The first-order valence-electron chi connectivity index (χ1n) is 16.6. The number of aryl methyl sites for hydroxylation is 2. The summed E-state index contributed by atoms with van der Waals surface area (Å²) in [6, 6.07) is 23.3. The fourth-order valence-corrected chi connectivity index (χ4v) is 6.66. The van der Waals surface area contributed by atoms with Crippen LogP contribution in [-0.4, -0.2) is 41.0 Å². The highest BCUT2D eigenvalue weighted by Crippen LogP contribution is 2.34. The molecule has 8 rings (SSSR count). The van der Waals surface area contributed by atoms with Crippen molar-refractivity contribution in [1.29, 1.82) is 0 Å². The molecular formula is C38H31Br2N9O4. The number of halogens is 2. The second kappa shape index (κ2) is 14.3. The number of fused-ring (bicyclic) bond motifs is 2. The maximum atomic E-state index is 12.6. The average molecular weight is 838 g/mol. The number of hydrogen-bond donors (Lipinski definition) is 3. The summed E-state index contributed by atoms with van der Waals surface area (Å²) in [6.45, 7) is 5.87. The van der Waals surface area contributed by atoms with Gasteiger partial charge in [-0.25, -0.2) is 19.9 Å². The molecule has 0 fully saturated rings. The molecule has 15 heteroatoms. The van der Waals surface area contributed by atoms with Crippen molar-refractivity contribution in [3.05, 3.63) is 123 Å². The first-order chi connectivity index (χ1) is 25.7. The summed E-state index contributed by atoms with van der Waals surface area (Å²) >= 11 is 6.90. The van der Waals surface area contributed by atoms with E-state index in [0.717, 1.165) is 65.2 Å². The van der Waals surface area contributed by atoms with Crippen LogP contribution in [-0.2, 0) is 22.6 Å². The van der Waals surface area contributed by atoms with Crippen molar-refractivity contribution >= 4 is 71.5 Å². The van der Waals surface area contributed by atoms with Crippen molar-refractivity contribution in [3.8, 4) is 22.8 Å². The SMILES string of the molecule is CC(=O)OC(c1ccc(CNc2ccc(-c3nc4cc(Br)cnc4[nH]3)cc2)o1)N(Cc1c(C)noc1C)c1ccc(-c2nc3cc(Br)cnc3[nH]2)cc1. The topological polar surface area (TPSA) is 164 Å². The molecule has 0 aliphatic carbocycles. The van der Waals surface area contributed by atoms with Crippen molar-refractivity contribution in [2.45, 2.75) is 40.1 Å². The lowest BCUT2D eigenvalue weighted by molar-refractivity contribution is -0.147. The average Bonchev–Trinajstić information content (AvgIpc) is 3.96. The van der Waals surface area contributed by atoms with Gasteiger partial charge >= 0.3 is 5.97 Å². The van der Waals surface area contributed by atoms with Crippen molar-refractivity contribution in [3.63, 3.8) is 0 Å². The molecular weight excluding hydrogens is 806 g/mol. The summed E-state index contributed by atoms with van der Waals surface area (Å²) in [7, 11) is 0. The third kappa shape index (κ3) is 7.30. The minimum atomic E-state index is -0.897. The Balaban J connectivity index is 1.04. The Morgan fingerprint density at radius 3 is 2.04 bits per heavy atom. The molecule has 0 saturated carbocycles. The molecule has 53 heavy (non-hydrogen) atoms. The van der Waals surface area contributed by atoms with Gasteiger partial charge in [0.05, 0.1) is 18.8 Å². The number of aromatic nitrogens is 7. The van der Waals surface area contributed by atoms with Gasteiger partial charge in [-0.1, -0.05) is 5.16 Å². The standard InChI is InChI=1S/C38H31Br2N9O4/c1-20-30(21(2)53-48-20)19-49(28-10-6-24(7-11-28)35-45-32-15-26(40)17-43-37(32)47-35)38(51-22(3)50)33-13-12-29(52-33)18-41-27-8-4-23(5-9-27)34-44-31-14-25(39)16-42-36(31)46-34/h4-17,38,41H,18-19H2,1-3H3,(H,42,44,46)(H,43,45,47). The second-order valence-corrected chi connectivity index (χ2v) is 14.2. The van der Waals surface area contributed by atoms with Crippen LogP contribution in [0.1, 0.15) is 41.7 Å². The number of anilines is 2. The zero-order valence-electron chi connectivity index (χ0n) is 28.6. The Bertz CT molecular complexity index is 2560. The summed E-state index contributed by atoms with van der Waals surface area (Å²) < 4.78 is 19.5. The molecule has 266 valence electrons. The van der Waals surface area contributed by atoms with E-state index in [1.807, 2.05) is 91.5 Å². The minimum Gasteiger partial charge on any atom is -0.458 e. The van der Waals surface area contributed by atoms with Gasteiger partial charge in [-0.15, -0.1) is 0 Å². The number of ether oxygens (including phenoxy) is 1. The number of carbonyl (C=O) groups is 1. The highest BCUT2D eigenvalue weighted by atomic mass is 79.9. The first-order valence-corrected chi connectivity index (χ1v) is 18.2. The van der Waals surface area contributed by atoms with Gasteiger partial charge in [-0.05, 0) is 119 Å². The molecule has 0 aliphatic heterocycles. The van der Waals surface area contributed by atoms with E-state index in [1.54, 1.807) is 12.4 Å². The Morgan fingerprint density at radius 2 is 1.47 bits per heavy atom. The maximum absolute atomic E-state index is 12.6. The Labute approximate surface area is 319 Å². The van der Waals surface area contributed by atoms with Crippen LogP contribution in [0.15, 0.2) is 103 Å². The van der Waals surface area contributed by atoms with Gasteiger partial charge < -0.3 is 33.9 Å². The van der Waals surface area contributed by atoms with E-state index in [1.165, 1.54) is 6.92 Å². The van der Waals surface area contributed by atoms with Crippen LogP contribution in [0.25, 0.3) is 45.1 Å². The second-order valence-electron chi connectivity index (χ2n) is 12.4. The number of aromatic amines is 2. The Kier molecular flexibility index (Phi) is 9.26. The number of nitrogens with zero attached hydrogens (tertiary/aromatic N) is 6. The zero-order chi connectivity index (χ0) is 36.6. The van der Waals surface area contributed by atoms with Gasteiger partial charge in [-0.3, -0.25) is 4.79 Å². The van der Waals surface area contributed by atoms with E-state index in [2.05, 4.69) is 67.3 Å². The minimum absolute atomic E-state index is 0.334. The monoisotopic (exact) mass is 835 g/mol. The third-order valence-electron chi connectivity index (χ3n) is 8.70. The summed E-state index contributed by atoms with van der Waals surface area (Å²) in [5, 5.41) is 7.57. The molecule has 0 aliphatic rings. The number of carbonyl (C=O) groups excluding carboxylic acids is 1. The molecule has 0 radical (unpaired) electrons. The van der Waals surface area contributed by atoms with Gasteiger partial charge in [-0.2, -0.15) is 0 Å². The van der Waals surface area contributed by atoms with Crippen LogP contribution >= 0.6 is 31.9 Å². The molecule has 0 bridgehead atoms. The molecule has 0 spiro atoms. The summed E-state index contributed by atoms with van der Waals surface area (Å²) in [4.78, 5) is 39.3. The van der Waals surface area contributed by atoms with Crippen molar-refractivity contribution in [2.24, 2.45) is 0 Å². The van der Waals surface area contributed by atoms with Crippen LogP contribution in [0, 0.1) is 13.8 Å². The number of esters is 1. The molecule has 3 N–H and O–H groups in total. The first kappa shape index (κ1) is 34.3. The molecule has 2 aromatic carbocycles. The van der Waals surface area contributed by atoms with Gasteiger partial charge in [0, 0.05) is 56.3 Å². The van der Waals surface area contributed by atoms with E-state index in [-0.39, 0.29) is 0 Å². The van der Waals surface area contributed by atoms with Crippen LogP contribution in [0.5, 0.6) is 0 Å². The smallest absolute Gasteiger partial charge is 0.304 e. The quantitative estimate of drug-likeness (QED) is 0.0841. The summed E-state index contributed by atoms with van der Waals surface area (Å²) in [6.07, 6.45) is 2.57. The largest absolute Gasteiger partial charge is 0.458 e. The van der Waals surface area contributed by atoms with Gasteiger partial charge in [0.25, 0.3) is 0 Å². The number of imidazole rings is 2. The van der Waals surface area contributed by atoms with E-state index in [9.17, 15) is 4.79 Å². The number of pyridine rings is 2. The van der Waals surface area contributed by atoms with E-state index in [0.29, 0.717) is 41.8 Å². The predicted octanol–water partition coefficient (Wildman–Crippen LogP) is 9.17. The van der Waals surface area contributed by atoms with Gasteiger partial charge in [0.2, 0.25) is 6.23 Å². The van der Waals surface area contributed by atoms with E-state index in [4.69, 9.17) is 18.7 Å². The fraction of sp³-hybridized carbons (Fsp3) is 0.158. The number of H-pyrrole nitrogens is 2. The number of rotatable bonds is 11. The lowest BCUT2D eigenvalue weighted by atomic mass is 10.1. The van der Waals surface area contributed by atoms with E-state index < -0.39 is 12.2 Å². The maximum Gasteiger partial charge on any atom is 0.304 e. The molecule has 6 aromatic heterocycles. The van der Waals surface area contributed by atoms with Crippen LogP contribution in [0.3, 0.4) is 0 Å². The highest BCUT2D eigenvalue weighted by molar-refractivity contribution is 9.10. The zero-order valence-corrected chi connectivity index (χ0v) is 31.8. The lowest BCUT2D eigenvalue weighted by Gasteiger charge is -2.31. The number of benzene rings is 2. The van der Waals surface area contributed by atoms with Gasteiger partial charge in [0.1, 0.15) is 34.2 Å². The summed E-state index contributed by atoms with van der Waals surface area (Å²) in [5.74, 6) is 2.76. The summed E-state index contributed by atoms with van der Waals surface area (Å²) in [5.41, 5.74) is 8.05.